The number of nitrogens with zero attached hydrogens (tertiary/aromatic N) is 4. The van der Waals surface area contributed by atoms with Gasteiger partial charge in [-0.05, 0) is 46.5 Å². The highest BCUT2D eigenvalue weighted by atomic mass is 32.1. The molecule has 0 spiro atoms. The molecule has 4 aromatic rings. The number of hydrogen-bond acceptors (Lipinski definition) is 5. The fourth-order valence-corrected chi connectivity index (χ4v) is 3.18. The van der Waals surface area contributed by atoms with Gasteiger partial charge in [-0.2, -0.15) is 21.0 Å². The van der Waals surface area contributed by atoms with Gasteiger partial charge in [0, 0.05) is 30.7 Å². The minimum absolute atomic E-state index is 0.818. The lowest BCUT2D eigenvalue weighted by Gasteiger charge is -2.08. The van der Waals surface area contributed by atoms with E-state index in [1.54, 1.807) is 17.5 Å². The van der Waals surface area contributed by atoms with Gasteiger partial charge in [0.1, 0.15) is 5.82 Å². The third-order valence-electron chi connectivity index (χ3n) is 3.68. The molecule has 0 aliphatic heterocycles. The molecule has 0 aliphatic carbocycles. The number of rotatable bonds is 5. The van der Waals surface area contributed by atoms with Gasteiger partial charge in [-0.15, -0.1) is 0 Å². The van der Waals surface area contributed by atoms with Crippen LogP contribution in [-0.4, -0.2) is 26.1 Å². The van der Waals surface area contributed by atoms with Crippen LogP contribution in [0.3, 0.4) is 0 Å². The van der Waals surface area contributed by atoms with Gasteiger partial charge in [-0.25, -0.2) is 4.98 Å². The largest absolute Gasteiger partial charge is 0.370 e. The Hall–Kier alpha value is -2.73. The average molecular weight is 321 g/mol. The molecule has 0 saturated heterocycles. The van der Waals surface area contributed by atoms with Crippen LogP contribution in [0.25, 0.3) is 16.8 Å². The van der Waals surface area contributed by atoms with Crippen LogP contribution in [-0.2, 0) is 6.42 Å². The molecule has 0 fully saturated rings. The molecule has 4 aromatic heterocycles. The van der Waals surface area contributed by atoms with Gasteiger partial charge in [-0.3, -0.25) is 4.98 Å². The molecule has 1 N–H and O–H groups in total. The number of aromatic nitrogens is 4. The molecule has 0 aliphatic rings. The predicted molar refractivity (Wildman–Crippen MR) is 92.7 cm³/mol. The normalized spacial score (nSPS) is 11.0. The van der Waals surface area contributed by atoms with E-state index in [-0.39, 0.29) is 0 Å². The minimum Gasteiger partial charge on any atom is -0.370 e. The third kappa shape index (κ3) is 2.80. The highest BCUT2D eigenvalue weighted by Crippen LogP contribution is 2.26. The van der Waals surface area contributed by atoms with E-state index in [1.165, 1.54) is 5.56 Å². The van der Waals surface area contributed by atoms with Gasteiger partial charge in [0.25, 0.3) is 0 Å². The van der Waals surface area contributed by atoms with Crippen molar-refractivity contribution in [2.45, 2.75) is 6.42 Å². The maximum atomic E-state index is 4.48. The molecule has 6 heteroatoms. The van der Waals surface area contributed by atoms with Crippen molar-refractivity contribution >= 4 is 22.8 Å². The summed E-state index contributed by atoms with van der Waals surface area (Å²) in [6.45, 7) is 0.818. The van der Waals surface area contributed by atoms with Crippen molar-refractivity contribution in [2.24, 2.45) is 0 Å². The number of fused-ring (bicyclic) bond motifs is 1. The first-order chi connectivity index (χ1) is 11.4. The SMILES string of the molecule is c1cncc(CCNc2ccnc3c(-c4ccsc4)cnn23)c1. The lowest BCUT2D eigenvalue weighted by Crippen LogP contribution is -2.09. The molecule has 23 heavy (non-hydrogen) atoms. The van der Waals surface area contributed by atoms with Crippen LogP contribution in [0, 0.1) is 0 Å². The lowest BCUT2D eigenvalue weighted by molar-refractivity contribution is 0.911. The lowest BCUT2D eigenvalue weighted by atomic mass is 10.2. The maximum absolute atomic E-state index is 4.48. The van der Waals surface area contributed by atoms with E-state index in [0.29, 0.717) is 0 Å². The van der Waals surface area contributed by atoms with Crippen LogP contribution in [0.2, 0.25) is 0 Å². The molecule has 0 aromatic carbocycles. The van der Waals surface area contributed by atoms with Crippen molar-refractivity contribution in [3.63, 3.8) is 0 Å². The van der Waals surface area contributed by atoms with Gasteiger partial charge in [0.2, 0.25) is 0 Å². The molecule has 0 bridgehead atoms. The van der Waals surface area contributed by atoms with Gasteiger partial charge in [0.05, 0.1) is 6.20 Å². The fourth-order valence-electron chi connectivity index (χ4n) is 2.53. The van der Waals surface area contributed by atoms with Crippen LogP contribution in [0.1, 0.15) is 5.56 Å². The van der Waals surface area contributed by atoms with Crippen molar-refractivity contribution in [3.05, 3.63) is 65.4 Å². The first-order valence-electron chi connectivity index (χ1n) is 7.40. The van der Waals surface area contributed by atoms with Crippen LogP contribution in [0.4, 0.5) is 5.82 Å². The van der Waals surface area contributed by atoms with Crippen LogP contribution in [0.15, 0.2) is 59.8 Å². The van der Waals surface area contributed by atoms with Crippen molar-refractivity contribution in [2.75, 3.05) is 11.9 Å². The maximum Gasteiger partial charge on any atom is 0.165 e. The second-order valence-corrected chi connectivity index (χ2v) is 5.95. The Morgan fingerprint density at radius 1 is 1.13 bits per heavy atom. The number of nitrogens with one attached hydrogen (secondary N) is 1. The Labute approximate surface area is 137 Å². The summed E-state index contributed by atoms with van der Waals surface area (Å²) in [6, 6.07) is 8.08. The highest BCUT2D eigenvalue weighted by molar-refractivity contribution is 7.08. The molecule has 114 valence electrons. The van der Waals surface area contributed by atoms with Gasteiger partial charge in [0.15, 0.2) is 5.65 Å². The zero-order chi connectivity index (χ0) is 15.5. The smallest absolute Gasteiger partial charge is 0.165 e. The second kappa shape index (κ2) is 6.18. The summed E-state index contributed by atoms with van der Waals surface area (Å²) in [6.07, 6.45) is 8.29. The van der Waals surface area contributed by atoms with Gasteiger partial charge in [-0.1, -0.05) is 6.07 Å². The van der Waals surface area contributed by atoms with E-state index in [0.717, 1.165) is 35.6 Å². The summed E-state index contributed by atoms with van der Waals surface area (Å²) < 4.78 is 1.86. The molecule has 4 rings (SSSR count). The van der Waals surface area contributed by atoms with E-state index < -0.39 is 0 Å². The summed E-state index contributed by atoms with van der Waals surface area (Å²) in [5, 5.41) is 12.1. The Morgan fingerprint density at radius 3 is 2.96 bits per heavy atom. The number of hydrogen-bond donors (Lipinski definition) is 1. The molecular weight excluding hydrogens is 306 g/mol. The summed E-state index contributed by atoms with van der Waals surface area (Å²) in [5.41, 5.74) is 4.30. The van der Waals surface area contributed by atoms with E-state index in [1.807, 2.05) is 35.2 Å². The van der Waals surface area contributed by atoms with Crippen LogP contribution in [0.5, 0.6) is 0 Å². The minimum atomic E-state index is 0.818. The summed E-state index contributed by atoms with van der Waals surface area (Å²) >= 11 is 1.68. The summed E-state index contributed by atoms with van der Waals surface area (Å²) in [7, 11) is 0. The van der Waals surface area contributed by atoms with Crippen molar-refractivity contribution in [1.29, 1.82) is 0 Å². The Balaban J connectivity index is 1.56. The van der Waals surface area contributed by atoms with Gasteiger partial charge < -0.3 is 5.32 Å². The molecule has 4 heterocycles. The molecule has 0 unspecified atom stereocenters. The quantitative estimate of drug-likeness (QED) is 0.611. The Kier molecular flexibility index (Phi) is 3.73. The van der Waals surface area contributed by atoms with Crippen molar-refractivity contribution in [1.82, 2.24) is 19.6 Å². The molecule has 0 atom stereocenters. The van der Waals surface area contributed by atoms with E-state index >= 15 is 0 Å². The number of pyridine rings is 1. The summed E-state index contributed by atoms with van der Waals surface area (Å²) in [4.78, 5) is 8.62. The average Bonchev–Trinajstić information content (AvgIpc) is 3.25. The predicted octanol–water partition coefficient (Wildman–Crippen LogP) is 3.51. The molecule has 0 saturated carbocycles. The van der Waals surface area contributed by atoms with E-state index in [9.17, 15) is 0 Å². The van der Waals surface area contributed by atoms with Gasteiger partial charge >= 0.3 is 0 Å². The first-order valence-corrected chi connectivity index (χ1v) is 8.34. The molecule has 5 nitrogen and oxygen atoms in total. The topological polar surface area (TPSA) is 55.1 Å². The monoisotopic (exact) mass is 321 g/mol. The van der Waals surface area contributed by atoms with Crippen LogP contribution < -0.4 is 5.32 Å². The number of thiophene rings is 1. The third-order valence-corrected chi connectivity index (χ3v) is 4.36. The highest BCUT2D eigenvalue weighted by Gasteiger charge is 2.10. The Bertz CT molecular complexity index is 899. The van der Waals surface area contributed by atoms with E-state index in [2.05, 4.69) is 43.3 Å². The molecular formula is C17H15N5S. The van der Waals surface area contributed by atoms with E-state index in [4.69, 9.17) is 0 Å². The second-order valence-electron chi connectivity index (χ2n) is 5.17. The van der Waals surface area contributed by atoms with Crippen molar-refractivity contribution in [3.8, 4) is 11.1 Å². The summed E-state index contributed by atoms with van der Waals surface area (Å²) in [5.74, 6) is 0.945. The fraction of sp³-hybridized carbons (Fsp3) is 0.118. The Morgan fingerprint density at radius 2 is 2.13 bits per heavy atom. The molecule has 0 amide bonds. The van der Waals surface area contributed by atoms with Crippen LogP contribution >= 0.6 is 11.3 Å². The zero-order valence-corrected chi connectivity index (χ0v) is 13.2. The first kappa shape index (κ1) is 13.9. The van der Waals surface area contributed by atoms with Crippen molar-refractivity contribution < 1.29 is 0 Å². The molecule has 0 radical (unpaired) electrons. The number of anilines is 1. The zero-order valence-electron chi connectivity index (χ0n) is 12.4. The standard InChI is InChI=1S/C17H15N5S/c1-2-13(10-18-6-1)3-7-19-16-4-8-20-17-15(11-21-22(16)17)14-5-9-23-12-14/h1-2,4-6,8-12,19H,3,7H2.